The van der Waals surface area contributed by atoms with Gasteiger partial charge in [-0.2, -0.15) is 0 Å². The van der Waals surface area contributed by atoms with Gasteiger partial charge >= 0.3 is 0 Å². The number of nitrogen functional groups attached to an aromatic ring is 1. The van der Waals surface area contributed by atoms with Crippen LogP contribution in [0.1, 0.15) is 20.1 Å². The fourth-order valence-electron chi connectivity index (χ4n) is 1.23. The van der Waals surface area contributed by atoms with Gasteiger partial charge in [0.2, 0.25) is 0 Å². The molecule has 2 rings (SSSR count). The van der Waals surface area contributed by atoms with E-state index in [1.807, 2.05) is 30.3 Å². The zero-order valence-electron chi connectivity index (χ0n) is 8.44. The number of benzene rings is 1. The highest BCUT2D eigenvalue weighted by Gasteiger charge is 2.02. The lowest BCUT2D eigenvalue weighted by atomic mass is 10.2. The van der Waals surface area contributed by atoms with Crippen molar-refractivity contribution in [3.05, 3.63) is 51.7 Å². The first-order chi connectivity index (χ1) is 7.79. The molecule has 2 aromatic rings. The normalized spacial score (nSPS) is 9.25. The van der Waals surface area contributed by atoms with E-state index in [0.29, 0.717) is 10.6 Å². The average Bonchev–Trinajstić information content (AvgIpc) is 2.69. The van der Waals surface area contributed by atoms with Crippen molar-refractivity contribution >= 4 is 23.3 Å². The van der Waals surface area contributed by atoms with Gasteiger partial charge in [-0.3, -0.25) is 4.79 Å². The highest BCUT2D eigenvalue weighted by atomic mass is 32.1. The van der Waals surface area contributed by atoms with E-state index in [1.165, 1.54) is 11.3 Å². The summed E-state index contributed by atoms with van der Waals surface area (Å²) in [4.78, 5) is 11.9. The highest BCUT2D eigenvalue weighted by Crippen LogP contribution is 2.21. The number of carbonyl (C=O) groups is 1. The molecule has 0 aliphatic rings. The Morgan fingerprint density at radius 1 is 1.19 bits per heavy atom. The maximum atomic E-state index is 10.6. The second-order valence-electron chi connectivity index (χ2n) is 3.16. The summed E-state index contributed by atoms with van der Waals surface area (Å²) in [7, 11) is 0. The van der Waals surface area contributed by atoms with Crippen LogP contribution in [0.2, 0.25) is 0 Å². The second-order valence-corrected chi connectivity index (χ2v) is 4.25. The van der Waals surface area contributed by atoms with Crippen LogP contribution in [0.15, 0.2) is 36.4 Å². The standard InChI is InChI=1S/C13H9NOS/c14-12-8-11(16-13(12)9-15)7-6-10-4-2-1-3-5-10/h1-5,8-9H,14H2. The summed E-state index contributed by atoms with van der Waals surface area (Å²) in [5.74, 6) is 6.00. The summed E-state index contributed by atoms with van der Waals surface area (Å²) in [6, 6.07) is 11.4. The first kappa shape index (κ1) is 10.5. The molecular weight excluding hydrogens is 218 g/mol. The van der Waals surface area contributed by atoms with Crippen molar-refractivity contribution in [1.82, 2.24) is 0 Å². The molecule has 0 fully saturated rings. The summed E-state index contributed by atoms with van der Waals surface area (Å²) in [5.41, 5.74) is 7.08. The largest absolute Gasteiger partial charge is 0.397 e. The Labute approximate surface area is 97.7 Å². The molecule has 1 aromatic heterocycles. The zero-order valence-corrected chi connectivity index (χ0v) is 9.25. The minimum Gasteiger partial charge on any atom is -0.397 e. The molecule has 0 atom stereocenters. The monoisotopic (exact) mass is 227 g/mol. The average molecular weight is 227 g/mol. The third-order valence-corrected chi connectivity index (χ3v) is 2.99. The lowest BCUT2D eigenvalue weighted by Crippen LogP contribution is -1.84. The fraction of sp³-hybridized carbons (Fsp3) is 0. The van der Waals surface area contributed by atoms with Crippen LogP contribution in [-0.2, 0) is 0 Å². The molecule has 0 bridgehead atoms. The SMILES string of the molecule is Nc1cc(C#Cc2ccccc2)sc1C=O. The van der Waals surface area contributed by atoms with Crippen LogP contribution in [0.3, 0.4) is 0 Å². The molecule has 0 radical (unpaired) electrons. The van der Waals surface area contributed by atoms with E-state index >= 15 is 0 Å². The minimum atomic E-state index is 0.498. The molecule has 0 aliphatic heterocycles. The van der Waals surface area contributed by atoms with E-state index in [1.54, 1.807) is 6.07 Å². The molecule has 0 unspecified atom stereocenters. The second kappa shape index (κ2) is 4.65. The van der Waals surface area contributed by atoms with Crippen molar-refractivity contribution in [3.8, 4) is 11.8 Å². The van der Waals surface area contributed by atoms with Crippen LogP contribution in [0.25, 0.3) is 0 Å². The van der Waals surface area contributed by atoms with Crippen molar-refractivity contribution < 1.29 is 4.79 Å². The van der Waals surface area contributed by atoms with Gasteiger partial charge in [0.25, 0.3) is 0 Å². The Bertz CT molecular complexity index is 561. The molecule has 16 heavy (non-hydrogen) atoms. The van der Waals surface area contributed by atoms with Crippen LogP contribution in [0.4, 0.5) is 5.69 Å². The van der Waals surface area contributed by atoms with Gasteiger partial charge in [0.1, 0.15) is 0 Å². The maximum Gasteiger partial charge on any atom is 0.162 e. The van der Waals surface area contributed by atoms with Gasteiger partial charge in [-0.1, -0.05) is 30.0 Å². The predicted molar refractivity (Wildman–Crippen MR) is 66.5 cm³/mol. The molecule has 0 amide bonds. The zero-order chi connectivity index (χ0) is 11.4. The van der Waals surface area contributed by atoms with Gasteiger partial charge in [-0.25, -0.2) is 0 Å². The number of hydrogen-bond donors (Lipinski definition) is 1. The number of anilines is 1. The fourth-order valence-corrected chi connectivity index (χ4v) is 1.98. The Balaban J connectivity index is 2.28. The van der Waals surface area contributed by atoms with Gasteiger partial charge in [0.15, 0.2) is 6.29 Å². The quantitative estimate of drug-likeness (QED) is 0.601. The van der Waals surface area contributed by atoms with Gasteiger partial charge in [-0.15, -0.1) is 11.3 Å². The van der Waals surface area contributed by atoms with Crippen LogP contribution in [-0.4, -0.2) is 6.29 Å². The summed E-state index contributed by atoms with van der Waals surface area (Å²) in [6.45, 7) is 0. The van der Waals surface area contributed by atoms with Crippen molar-refractivity contribution in [2.24, 2.45) is 0 Å². The van der Waals surface area contributed by atoms with E-state index in [-0.39, 0.29) is 0 Å². The Kier molecular flexibility index (Phi) is 3.04. The van der Waals surface area contributed by atoms with Crippen LogP contribution in [0, 0.1) is 11.8 Å². The molecule has 0 saturated carbocycles. The van der Waals surface area contributed by atoms with E-state index in [2.05, 4.69) is 11.8 Å². The van der Waals surface area contributed by atoms with E-state index in [0.717, 1.165) is 16.7 Å². The van der Waals surface area contributed by atoms with Crippen molar-refractivity contribution in [2.45, 2.75) is 0 Å². The third-order valence-electron chi connectivity index (χ3n) is 2.00. The number of aldehydes is 1. The van der Waals surface area contributed by atoms with E-state index in [9.17, 15) is 4.79 Å². The maximum absolute atomic E-state index is 10.6. The lowest BCUT2D eigenvalue weighted by molar-refractivity contribution is 0.112. The summed E-state index contributed by atoms with van der Waals surface area (Å²) < 4.78 is 0. The first-order valence-corrected chi connectivity index (χ1v) is 5.53. The minimum absolute atomic E-state index is 0.498. The number of nitrogens with two attached hydrogens (primary N) is 1. The lowest BCUT2D eigenvalue weighted by Gasteiger charge is -1.85. The molecule has 1 aromatic carbocycles. The molecular formula is C13H9NOS. The van der Waals surface area contributed by atoms with Crippen molar-refractivity contribution in [1.29, 1.82) is 0 Å². The molecule has 0 saturated heterocycles. The Morgan fingerprint density at radius 3 is 2.56 bits per heavy atom. The predicted octanol–water partition coefficient (Wildman–Crippen LogP) is 2.54. The molecule has 3 heteroatoms. The topological polar surface area (TPSA) is 43.1 Å². The molecule has 2 N–H and O–H groups in total. The summed E-state index contributed by atoms with van der Waals surface area (Å²) >= 11 is 1.31. The van der Waals surface area contributed by atoms with Crippen LogP contribution in [0.5, 0.6) is 0 Å². The summed E-state index contributed by atoms with van der Waals surface area (Å²) in [5, 5.41) is 0. The Hall–Kier alpha value is -2.05. The highest BCUT2D eigenvalue weighted by molar-refractivity contribution is 7.14. The molecule has 0 spiro atoms. The van der Waals surface area contributed by atoms with Crippen molar-refractivity contribution in [3.63, 3.8) is 0 Å². The van der Waals surface area contributed by atoms with Gasteiger partial charge in [0.05, 0.1) is 15.4 Å². The number of rotatable bonds is 1. The number of carbonyl (C=O) groups excluding carboxylic acids is 1. The summed E-state index contributed by atoms with van der Waals surface area (Å²) in [6.07, 6.45) is 0.758. The van der Waals surface area contributed by atoms with Crippen LogP contribution >= 0.6 is 11.3 Å². The number of hydrogen-bond acceptors (Lipinski definition) is 3. The van der Waals surface area contributed by atoms with Gasteiger partial charge < -0.3 is 5.73 Å². The molecule has 2 nitrogen and oxygen atoms in total. The molecule has 78 valence electrons. The molecule has 1 heterocycles. The Morgan fingerprint density at radius 2 is 1.94 bits per heavy atom. The van der Waals surface area contributed by atoms with Crippen LogP contribution < -0.4 is 5.73 Å². The number of thiophene rings is 1. The van der Waals surface area contributed by atoms with E-state index in [4.69, 9.17) is 5.73 Å². The van der Waals surface area contributed by atoms with Gasteiger partial charge in [0, 0.05) is 5.56 Å². The third kappa shape index (κ3) is 2.30. The molecule has 0 aliphatic carbocycles. The van der Waals surface area contributed by atoms with E-state index < -0.39 is 0 Å². The van der Waals surface area contributed by atoms with Gasteiger partial charge in [-0.05, 0) is 18.2 Å². The van der Waals surface area contributed by atoms with Crippen molar-refractivity contribution in [2.75, 3.05) is 5.73 Å². The smallest absolute Gasteiger partial charge is 0.162 e. The first-order valence-electron chi connectivity index (χ1n) is 4.71.